The molecule has 1 aliphatic carbocycles. The Morgan fingerprint density at radius 3 is 2.71 bits per heavy atom. The third kappa shape index (κ3) is 5.85. The van der Waals surface area contributed by atoms with E-state index in [1.807, 2.05) is 0 Å². The van der Waals surface area contributed by atoms with Crippen molar-refractivity contribution in [3.05, 3.63) is 0 Å². The Kier molecular flexibility index (Phi) is 6.47. The molecule has 1 saturated heterocycles. The summed E-state index contributed by atoms with van der Waals surface area (Å²) in [6, 6.07) is 0. The second-order valence-electron chi connectivity index (χ2n) is 6.71. The lowest BCUT2D eigenvalue weighted by molar-refractivity contribution is -0.0452. The molecule has 0 radical (unpaired) electrons. The number of hydrogen-bond acceptors (Lipinski definition) is 5. The van der Waals surface area contributed by atoms with E-state index in [1.165, 1.54) is 19.3 Å². The van der Waals surface area contributed by atoms with Gasteiger partial charge in [-0.1, -0.05) is 19.8 Å². The van der Waals surface area contributed by atoms with Gasteiger partial charge in [0.05, 0.1) is 30.3 Å². The molecule has 2 aliphatic rings. The van der Waals surface area contributed by atoms with E-state index in [1.54, 1.807) is 0 Å². The number of aliphatic hydroxyl groups excluding tert-OH is 1. The number of sulfone groups is 1. The fraction of sp³-hybridized carbons (Fsp3) is 1.00. The molecule has 1 heterocycles. The average Bonchev–Trinajstić information content (AvgIpc) is 2.77. The van der Waals surface area contributed by atoms with Gasteiger partial charge in [-0.15, -0.1) is 0 Å². The van der Waals surface area contributed by atoms with Crippen molar-refractivity contribution in [2.75, 3.05) is 31.2 Å². The first-order valence-electron chi connectivity index (χ1n) is 8.17. The van der Waals surface area contributed by atoms with E-state index in [4.69, 9.17) is 4.74 Å². The molecule has 124 valence electrons. The lowest BCUT2D eigenvalue weighted by Crippen LogP contribution is -2.36. The average molecular weight is 319 g/mol. The zero-order valence-corrected chi connectivity index (χ0v) is 13.8. The van der Waals surface area contributed by atoms with Crippen LogP contribution in [0.3, 0.4) is 0 Å². The van der Waals surface area contributed by atoms with Crippen molar-refractivity contribution in [3.8, 4) is 0 Å². The summed E-state index contributed by atoms with van der Waals surface area (Å²) in [5, 5.41) is 13.1. The van der Waals surface area contributed by atoms with Gasteiger partial charge in [0, 0.05) is 6.54 Å². The number of aliphatic hydroxyl groups is 1. The van der Waals surface area contributed by atoms with Gasteiger partial charge in [0.1, 0.15) is 0 Å². The molecule has 4 unspecified atom stereocenters. The fourth-order valence-electron chi connectivity index (χ4n) is 3.31. The molecule has 1 saturated carbocycles. The number of hydrogen-bond donors (Lipinski definition) is 2. The van der Waals surface area contributed by atoms with Gasteiger partial charge in [-0.2, -0.15) is 0 Å². The minimum atomic E-state index is -2.80. The maximum Gasteiger partial charge on any atom is 0.150 e. The molecule has 0 aromatic rings. The topological polar surface area (TPSA) is 75.6 Å². The minimum absolute atomic E-state index is 0.196. The molecule has 21 heavy (non-hydrogen) atoms. The quantitative estimate of drug-likeness (QED) is 0.731. The highest BCUT2D eigenvalue weighted by atomic mass is 32.2. The highest BCUT2D eigenvalue weighted by Crippen LogP contribution is 2.26. The van der Waals surface area contributed by atoms with Gasteiger partial charge in [-0.05, 0) is 37.6 Å². The van der Waals surface area contributed by atoms with Gasteiger partial charge < -0.3 is 15.2 Å². The predicted molar refractivity (Wildman–Crippen MR) is 83.0 cm³/mol. The van der Waals surface area contributed by atoms with Crippen LogP contribution in [-0.2, 0) is 14.6 Å². The molecular formula is C15H29NO4S. The molecular weight excluding hydrogens is 290 g/mol. The third-order valence-corrected chi connectivity index (χ3v) is 6.51. The third-order valence-electron chi connectivity index (χ3n) is 4.68. The minimum Gasteiger partial charge on any atom is -0.389 e. The smallest absolute Gasteiger partial charge is 0.150 e. The Balaban J connectivity index is 1.56. The van der Waals surface area contributed by atoms with Crippen LogP contribution in [0.4, 0.5) is 0 Å². The summed E-state index contributed by atoms with van der Waals surface area (Å²) >= 11 is 0. The molecule has 0 aromatic heterocycles. The van der Waals surface area contributed by atoms with Crippen molar-refractivity contribution in [2.24, 2.45) is 11.8 Å². The first kappa shape index (κ1) is 17.2. The summed E-state index contributed by atoms with van der Waals surface area (Å²) in [6.07, 6.45) is 5.33. The molecule has 2 fully saturated rings. The van der Waals surface area contributed by atoms with E-state index in [9.17, 15) is 13.5 Å². The fourth-order valence-corrected chi connectivity index (χ4v) is 5.17. The zero-order valence-electron chi connectivity index (χ0n) is 13.0. The van der Waals surface area contributed by atoms with Gasteiger partial charge in [0.25, 0.3) is 0 Å². The highest BCUT2D eigenvalue weighted by Gasteiger charge is 2.27. The highest BCUT2D eigenvalue weighted by molar-refractivity contribution is 7.91. The predicted octanol–water partition coefficient (Wildman–Crippen LogP) is 0.967. The normalized spacial score (nSPS) is 33.9. The second-order valence-corrected chi connectivity index (χ2v) is 8.94. The Morgan fingerprint density at radius 2 is 2.05 bits per heavy atom. The Labute approximate surface area is 128 Å². The number of nitrogens with one attached hydrogen (secondary N) is 1. The first-order valence-corrected chi connectivity index (χ1v) is 9.99. The molecule has 0 aromatic carbocycles. The zero-order chi connectivity index (χ0) is 15.3. The van der Waals surface area contributed by atoms with E-state index >= 15 is 0 Å². The van der Waals surface area contributed by atoms with Gasteiger partial charge in [0.2, 0.25) is 0 Å². The summed E-state index contributed by atoms with van der Waals surface area (Å²) < 4.78 is 28.5. The lowest BCUT2D eigenvalue weighted by atomic mass is 9.88. The van der Waals surface area contributed by atoms with Crippen LogP contribution in [-0.4, -0.2) is 56.9 Å². The SMILES string of the molecule is CC1CCCCC1OCC(O)CNCC1CCS(=O)(=O)C1. The molecule has 2 rings (SSSR count). The van der Waals surface area contributed by atoms with E-state index in [-0.39, 0.29) is 17.8 Å². The van der Waals surface area contributed by atoms with E-state index < -0.39 is 15.9 Å². The maximum atomic E-state index is 11.3. The van der Waals surface area contributed by atoms with E-state index in [0.717, 1.165) is 12.8 Å². The molecule has 1 aliphatic heterocycles. The van der Waals surface area contributed by atoms with Crippen LogP contribution in [0.25, 0.3) is 0 Å². The van der Waals surface area contributed by atoms with Crippen LogP contribution in [0, 0.1) is 11.8 Å². The Hall–Kier alpha value is -0.170. The maximum absolute atomic E-state index is 11.3. The number of ether oxygens (including phenoxy) is 1. The molecule has 0 bridgehead atoms. The number of rotatable bonds is 7. The summed E-state index contributed by atoms with van der Waals surface area (Å²) in [7, 11) is -2.80. The summed E-state index contributed by atoms with van der Waals surface area (Å²) in [6.45, 7) is 3.72. The Bertz CT molecular complexity index is 412. The van der Waals surface area contributed by atoms with Gasteiger partial charge in [-0.3, -0.25) is 0 Å². The monoisotopic (exact) mass is 319 g/mol. The van der Waals surface area contributed by atoms with Crippen LogP contribution >= 0.6 is 0 Å². The molecule has 0 amide bonds. The second kappa shape index (κ2) is 7.90. The van der Waals surface area contributed by atoms with Crippen molar-refractivity contribution in [2.45, 2.75) is 51.2 Å². The van der Waals surface area contributed by atoms with Crippen LogP contribution in [0.15, 0.2) is 0 Å². The van der Waals surface area contributed by atoms with Crippen molar-refractivity contribution in [1.82, 2.24) is 5.32 Å². The van der Waals surface area contributed by atoms with Crippen LogP contribution in [0.1, 0.15) is 39.0 Å². The molecule has 2 N–H and O–H groups in total. The van der Waals surface area contributed by atoms with Crippen molar-refractivity contribution in [1.29, 1.82) is 0 Å². The van der Waals surface area contributed by atoms with Gasteiger partial charge in [-0.25, -0.2) is 8.42 Å². The molecule has 5 nitrogen and oxygen atoms in total. The van der Waals surface area contributed by atoms with Gasteiger partial charge in [0.15, 0.2) is 9.84 Å². The van der Waals surface area contributed by atoms with Crippen molar-refractivity contribution >= 4 is 9.84 Å². The van der Waals surface area contributed by atoms with Gasteiger partial charge >= 0.3 is 0 Å². The summed E-state index contributed by atoms with van der Waals surface area (Å²) in [5.74, 6) is 1.38. The van der Waals surface area contributed by atoms with E-state index in [0.29, 0.717) is 31.4 Å². The Morgan fingerprint density at radius 1 is 1.29 bits per heavy atom. The molecule has 6 heteroatoms. The largest absolute Gasteiger partial charge is 0.389 e. The summed E-state index contributed by atoms with van der Waals surface area (Å²) in [4.78, 5) is 0. The van der Waals surface area contributed by atoms with Crippen LogP contribution in [0.2, 0.25) is 0 Å². The van der Waals surface area contributed by atoms with Crippen LogP contribution in [0.5, 0.6) is 0 Å². The van der Waals surface area contributed by atoms with Crippen molar-refractivity contribution in [3.63, 3.8) is 0 Å². The molecule has 0 spiro atoms. The standard InChI is InChI=1S/C15H29NO4S/c1-12-4-2-3-5-15(12)20-10-14(17)9-16-8-13-6-7-21(18,19)11-13/h12-17H,2-11H2,1H3. The van der Waals surface area contributed by atoms with Crippen LogP contribution < -0.4 is 5.32 Å². The molecule has 4 atom stereocenters. The lowest BCUT2D eigenvalue weighted by Gasteiger charge is -2.29. The van der Waals surface area contributed by atoms with Crippen molar-refractivity contribution < 1.29 is 18.3 Å². The van der Waals surface area contributed by atoms with E-state index in [2.05, 4.69) is 12.2 Å². The summed E-state index contributed by atoms with van der Waals surface area (Å²) in [5.41, 5.74) is 0. The first-order chi connectivity index (χ1) is 9.96.